The maximum Gasteiger partial charge on any atom is 0.101 e. The number of nitrogens with one attached hydrogen (secondary N) is 1. The number of aromatic amines is 1. The zero-order valence-electron chi connectivity index (χ0n) is 11.9. The lowest BCUT2D eigenvalue weighted by Gasteiger charge is -2.19. The first kappa shape index (κ1) is 13.2. The van der Waals surface area contributed by atoms with Crippen molar-refractivity contribution in [1.29, 1.82) is 0 Å². The summed E-state index contributed by atoms with van der Waals surface area (Å²) in [4.78, 5) is 0. The lowest BCUT2D eigenvalue weighted by Crippen LogP contribution is -2.10. The molecule has 0 radical (unpaired) electrons. The molecule has 0 bridgehead atoms. The number of rotatable bonds is 1. The molecule has 0 spiro atoms. The third-order valence-electron chi connectivity index (χ3n) is 3.54. The molecule has 0 fully saturated rings. The fraction of sp³-hybridized carbons (Fsp3) is 0.235. The summed E-state index contributed by atoms with van der Waals surface area (Å²) in [6.07, 6.45) is 0. The van der Waals surface area contributed by atoms with Crippen molar-refractivity contribution in [1.82, 2.24) is 10.2 Å². The van der Waals surface area contributed by atoms with E-state index in [0.29, 0.717) is 0 Å². The topological polar surface area (TPSA) is 28.7 Å². The molecule has 0 aliphatic heterocycles. The molecule has 0 atom stereocenters. The van der Waals surface area contributed by atoms with Crippen molar-refractivity contribution < 1.29 is 0 Å². The Kier molecular flexibility index (Phi) is 3.06. The van der Waals surface area contributed by atoms with Gasteiger partial charge in [-0.1, -0.05) is 56.6 Å². The molecule has 2 aromatic carbocycles. The minimum Gasteiger partial charge on any atom is -0.277 e. The van der Waals surface area contributed by atoms with Gasteiger partial charge in [-0.15, -0.1) is 0 Å². The maximum absolute atomic E-state index is 6.32. The monoisotopic (exact) mass is 284 g/mol. The number of H-pyrrole nitrogens is 1. The fourth-order valence-corrected chi connectivity index (χ4v) is 2.64. The molecule has 2 nitrogen and oxygen atoms in total. The SMILES string of the molecule is CC(C)(C)c1cccc(-c2n[nH]c3cccc(Cl)c23)c1. The van der Waals surface area contributed by atoms with Crippen LogP contribution in [0.3, 0.4) is 0 Å². The summed E-state index contributed by atoms with van der Waals surface area (Å²) in [6, 6.07) is 14.3. The predicted octanol–water partition coefficient (Wildman–Crippen LogP) is 5.18. The Bertz CT molecular complexity index is 766. The average Bonchev–Trinajstić information content (AvgIpc) is 2.83. The summed E-state index contributed by atoms with van der Waals surface area (Å²) >= 11 is 6.32. The summed E-state index contributed by atoms with van der Waals surface area (Å²) in [6.45, 7) is 6.63. The molecule has 3 aromatic rings. The predicted molar refractivity (Wildman–Crippen MR) is 85.2 cm³/mol. The molecule has 1 N–H and O–H groups in total. The smallest absolute Gasteiger partial charge is 0.101 e. The van der Waals surface area contributed by atoms with E-state index in [4.69, 9.17) is 11.6 Å². The Balaban J connectivity index is 2.22. The van der Waals surface area contributed by atoms with Gasteiger partial charge in [0.1, 0.15) is 5.69 Å². The van der Waals surface area contributed by atoms with Gasteiger partial charge in [-0.3, -0.25) is 5.10 Å². The first-order chi connectivity index (χ1) is 9.47. The molecule has 0 aliphatic carbocycles. The summed E-state index contributed by atoms with van der Waals surface area (Å²) in [5.74, 6) is 0. The van der Waals surface area contributed by atoms with Gasteiger partial charge in [0.15, 0.2) is 0 Å². The molecule has 0 saturated carbocycles. The fourth-order valence-electron chi connectivity index (χ4n) is 2.37. The quantitative estimate of drug-likeness (QED) is 0.655. The Labute approximate surface area is 123 Å². The van der Waals surface area contributed by atoms with Crippen LogP contribution in [0.1, 0.15) is 26.3 Å². The van der Waals surface area contributed by atoms with Crippen molar-refractivity contribution in [2.24, 2.45) is 0 Å². The number of halogens is 1. The van der Waals surface area contributed by atoms with Gasteiger partial charge < -0.3 is 0 Å². The Morgan fingerprint density at radius 1 is 1.05 bits per heavy atom. The van der Waals surface area contributed by atoms with E-state index in [0.717, 1.165) is 27.2 Å². The van der Waals surface area contributed by atoms with Gasteiger partial charge in [-0.2, -0.15) is 5.10 Å². The van der Waals surface area contributed by atoms with Crippen molar-refractivity contribution in [3.05, 3.63) is 53.1 Å². The highest BCUT2D eigenvalue weighted by molar-refractivity contribution is 6.36. The molecule has 0 unspecified atom stereocenters. The molecule has 102 valence electrons. The van der Waals surface area contributed by atoms with Crippen LogP contribution in [0.4, 0.5) is 0 Å². The largest absolute Gasteiger partial charge is 0.277 e. The van der Waals surface area contributed by atoms with Crippen LogP contribution in [-0.2, 0) is 5.41 Å². The molecule has 0 amide bonds. The number of aromatic nitrogens is 2. The standard InChI is InChI=1S/C17H17ClN2/c1-17(2,3)12-7-4-6-11(10-12)16-15-13(18)8-5-9-14(15)19-20-16/h4-10H,1-3H3,(H,19,20). The zero-order valence-corrected chi connectivity index (χ0v) is 12.6. The van der Waals surface area contributed by atoms with Gasteiger partial charge in [0.2, 0.25) is 0 Å². The van der Waals surface area contributed by atoms with Crippen LogP contribution in [0, 0.1) is 0 Å². The number of nitrogens with zero attached hydrogens (tertiary/aromatic N) is 1. The van der Waals surface area contributed by atoms with Crippen molar-refractivity contribution in [2.75, 3.05) is 0 Å². The number of hydrogen-bond donors (Lipinski definition) is 1. The van der Waals surface area contributed by atoms with Crippen LogP contribution < -0.4 is 0 Å². The summed E-state index contributed by atoms with van der Waals surface area (Å²) in [5.41, 5.74) is 4.38. The first-order valence-corrected chi connectivity index (χ1v) is 7.08. The van der Waals surface area contributed by atoms with E-state index in [-0.39, 0.29) is 5.41 Å². The highest BCUT2D eigenvalue weighted by Gasteiger charge is 2.16. The van der Waals surface area contributed by atoms with Crippen LogP contribution in [0.15, 0.2) is 42.5 Å². The summed E-state index contributed by atoms with van der Waals surface area (Å²) in [5, 5.41) is 9.21. The molecule has 3 heteroatoms. The maximum atomic E-state index is 6.32. The van der Waals surface area contributed by atoms with Crippen molar-refractivity contribution in [3.8, 4) is 11.3 Å². The highest BCUT2D eigenvalue weighted by Crippen LogP contribution is 2.33. The van der Waals surface area contributed by atoms with Crippen LogP contribution >= 0.6 is 11.6 Å². The highest BCUT2D eigenvalue weighted by atomic mass is 35.5. The van der Waals surface area contributed by atoms with Gasteiger partial charge in [-0.05, 0) is 29.2 Å². The molecule has 0 saturated heterocycles. The Morgan fingerprint density at radius 3 is 2.55 bits per heavy atom. The van der Waals surface area contributed by atoms with Gasteiger partial charge in [0, 0.05) is 10.9 Å². The van der Waals surface area contributed by atoms with E-state index >= 15 is 0 Å². The third kappa shape index (κ3) is 2.20. The molecule has 3 rings (SSSR count). The second kappa shape index (κ2) is 4.64. The Hall–Kier alpha value is -1.80. The van der Waals surface area contributed by atoms with Crippen LogP contribution in [-0.4, -0.2) is 10.2 Å². The number of fused-ring (bicyclic) bond motifs is 1. The minimum absolute atomic E-state index is 0.117. The minimum atomic E-state index is 0.117. The van der Waals surface area contributed by atoms with Gasteiger partial charge in [0.25, 0.3) is 0 Å². The van der Waals surface area contributed by atoms with Crippen LogP contribution in [0.2, 0.25) is 5.02 Å². The van der Waals surface area contributed by atoms with E-state index < -0.39 is 0 Å². The second-order valence-electron chi connectivity index (χ2n) is 6.07. The van der Waals surface area contributed by atoms with Crippen LogP contribution in [0.5, 0.6) is 0 Å². The lowest BCUT2D eigenvalue weighted by molar-refractivity contribution is 0.590. The molecular formula is C17H17ClN2. The van der Waals surface area contributed by atoms with E-state index in [2.05, 4.69) is 55.2 Å². The van der Waals surface area contributed by atoms with Crippen LogP contribution in [0.25, 0.3) is 22.2 Å². The van der Waals surface area contributed by atoms with Gasteiger partial charge in [0.05, 0.1) is 10.5 Å². The summed E-state index contributed by atoms with van der Waals surface area (Å²) < 4.78 is 0. The van der Waals surface area contributed by atoms with Crippen molar-refractivity contribution >= 4 is 22.5 Å². The van der Waals surface area contributed by atoms with Crippen molar-refractivity contribution in [2.45, 2.75) is 26.2 Å². The number of benzene rings is 2. The Morgan fingerprint density at radius 2 is 1.80 bits per heavy atom. The molecule has 0 aliphatic rings. The van der Waals surface area contributed by atoms with E-state index in [9.17, 15) is 0 Å². The average molecular weight is 285 g/mol. The van der Waals surface area contributed by atoms with Crippen molar-refractivity contribution in [3.63, 3.8) is 0 Å². The van der Waals surface area contributed by atoms with Gasteiger partial charge >= 0.3 is 0 Å². The van der Waals surface area contributed by atoms with E-state index in [1.54, 1.807) is 0 Å². The molecular weight excluding hydrogens is 268 g/mol. The summed E-state index contributed by atoms with van der Waals surface area (Å²) in [7, 11) is 0. The van der Waals surface area contributed by atoms with E-state index in [1.165, 1.54) is 5.56 Å². The van der Waals surface area contributed by atoms with Gasteiger partial charge in [-0.25, -0.2) is 0 Å². The first-order valence-electron chi connectivity index (χ1n) is 6.70. The third-order valence-corrected chi connectivity index (χ3v) is 3.86. The zero-order chi connectivity index (χ0) is 14.3. The lowest BCUT2D eigenvalue weighted by atomic mass is 9.86. The normalized spacial score (nSPS) is 12.0. The molecule has 1 aromatic heterocycles. The molecule has 20 heavy (non-hydrogen) atoms. The number of hydrogen-bond acceptors (Lipinski definition) is 1. The van der Waals surface area contributed by atoms with E-state index in [1.807, 2.05) is 18.2 Å². The second-order valence-corrected chi connectivity index (χ2v) is 6.47. The molecule has 1 heterocycles.